The van der Waals surface area contributed by atoms with Crippen LogP contribution in [-0.4, -0.2) is 16.1 Å². The summed E-state index contributed by atoms with van der Waals surface area (Å²) in [6, 6.07) is 3.44. The van der Waals surface area contributed by atoms with Gasteiger partial charge in [0, 0.05) is 5.92 Å². The number of hydrogen-bond acceptors (Lipinski definition) is 4. The van der Waals surface area contributed by atoms with E-state index in [1.54, 1.807) is 12.1 Å². The van der Waals surface area contributed by atoms with Crippen molar-refractivity contribution in [1.29, 1.82) is 0 Å². The molecule has 0 atom stereocenters. The van der Waals surface area contributed by atoms with Gasteiger partial charge in [-0.05, 0) is 12.1 Å². The molecule has 0 bridgehead atoms. The Morgan fingerprint density at radius 1 is 1.53 bits per heavy atom. The Bertz CT molecular complexity index is 511. The molecule has 90 valence electrons. The van der Waals surface area contributed by atoms with Crippen LogP contribution < -0.4 is 0 Å². The van der Waals surface area contributed by atoms with Crippen LogP contribution in [0.15, 0.2) is 27.2 Å². The topological polar surface area (TPSA) is 76.5 Å². The number of oxazole rings is 1. The van der Waals surface area contributed by atoms with Crippen LogP contribution in [0.25, 0.3) is 11.5 Å². The minimum absolute atomic E-state index is 0.103. The van der Waals surface area contributed by atoms with Gasteiger partial charge in [0.05, 0.1) is 12.7 Å². The molecule has 2 aromatic rings. The Hall–Kier alpha value is -2.04. The molecule has 0 aliphatic rings. The van der Waals surface area contributed by atoms with Gasteiger partial charge in [-0.3, -0.25) is 4.79 Å². The second kappa shape index (κ2) is 4.45. The number of nitrogens with zero attached hydrogens (tertiary/aromatic N) is 1. The first-order valence-corrected chi connectivity index (χ1v) is 5.33. The van der Waals surface area contributed by atoms with Crippen LogP contribution >= 0.6 is 0 Å². The fourth-order valence-corrected chi connectivity index (χ4v) is 1.48. The second-order valence-corrected chi connectivity index (χ2v) is 4.03. The first-order valence-electron chi connectivity index (χ1n) is 5.33. The third-order valence-electron chi connectivity index (χ3n) is 2.27. The molecule has 0 saturated heterocycles. The number of carbonyl (C=O) groups is 1. The Morgan fingerprint density at radius 3 is 2.82 bits per heavy atom. The number of carboxylic acid groups (broad SMARTS) is 1. The standard InChI is InChI=1S/C12H13NO4/c1-7(2)12-13-8(6-10(14)15)11(17-12)9-4-3-5-16-9/h3-5,7H,6H2,1-2H3,(H,14,15). The van der Waals surface area contributed by atoms with Crippen molar-refractivity contribution in [2.45, 2.75) is 26.2 Å². The monoisotopic (exact) mass is 235 g/mol. The molecule has 0 radical (unpaired) electrons. The van der Waals surface area contributed by atoms with E-state index in [1.165, 1.54) is 6.26 Å². The van der Waals surface area contributed by atoms with Crippen molar-refractivity contribution in [3.8, 4) is 11.5 Å². The molecule has 17 heavy (non-hydrogen) atoms. The first kappa shape index (κ1) is 11.4. The molecule has 0 aliphatic carbocycles. The maximum Gasteiger partial charge on any atom is 0.309 e. The van der Waals surface area contributed by atoms with Gasteiger partial charge in [0.15, 0.2) is 17.4 Å². The molecule has 2 aromatic heterocycles. The van der Waals surface area contributed by atoms with Gasteiger partial charge in [-0.25, -0.2) is 4.98 Å². The van der Waals surface area contributed by atoms with Crippen molar-refractivity contribution in [3.05, 3.63) is 30.0 Å². The molecule has 0 saturated carbocycles. The number of hydrogen-bond donors (Lipinski definition) is 1. The summed E-state index contributed by atoms with van der Waals surface area (Å²) in [5.41, 5.74) is 0.399. The smallest absolute Gasteiger partial charge is 0.309 e. The quantitative estimate of drug-likeness (QED) is 0.881. The highest BCUT2D eigenvalue weighted by molar-refractivity contribution is 5.72. The Kier molecular flexibility index (Phi) is 2.99. The second-order valence-electron chi connectivity index (χ2n) is 4.03. The van der Waals surface area contributed by atoms with Gasteiger partial charge >= 0.3 is 5.97 Å². The van der Waals surface area contributed by atoms with Crippen molar-refractivity contribution in [2.24, 2.45) is 0 Å². The SMILES string of the molecule is CC(C)c1nc(CC(=O)O)c(-c2ccco2)o1. The van der Waals surface area contributed by atoms with E-state index in [0.29, 0.717) is 23.1 Å². The van der Waals surface area contributed by atoms with Crippen molar-refractivity contribution in [3.63, 3.8) is 0 Å². The van der Waals surface area contributed by atoms with Crippen LogP contribution in [0.3, 0.4) is 0 Å². The van der Waals surface area contributed by atoms with Crippen LogP contribution in [-0.2, 0) is 11.2 Å². The molecule has 5 nitrogen and oxygen atoms in total. The fourth-order valence-electron chi connectivity index (χ4n) is 1.48. The molecule has 2 heterocycles. The summed E-state index contributed by atoms with van der Waals surface area (Å²) in [6.45, 7) is 3.87. The molecule has 0 fully saturated rings. The summed E-state index contributed by atoms with van der Waals surface area (Å²) < 4.78 is 10.8. The lowest BCUT2D eigenvalue weighted by atomic mass is 10.2. The fraction of sp³-hybridized carbons (Fsp3) is 0.333. The van der Waals surface area contributed by atoms with Crippen molar-refractivity contribution >= 4 is 5.97 Å². The molecular weight excluding hydrogens is 222 g/mol. The molecule has 0 unspecified atom stereocenters. The van der Waals surface area contributed by atoms with Gasteiger partial charge in [0.25, 0.3) is 0 Å². The zero-order valence-corrected chi connectivity index (χ0v) is 9.64. The van der Waals surface area contributed by atoms with Gasteiger partial charge in [-0.15, -0.1) is 0 Å². The van der Waals surface area contributed by atoms with Gasteiger partial charge in [-0.2, -0.15) is 0 Å². The normalized spacial score (nSPS) is 11.0. The lowest BCUT2D eigenvalue weighted by molar-refractivity contribution is -0.136. The zero-order chi connectivity index (χ0) is 12.4. The van der Waals surface area contributed by atoms with E-state index >= 15 is 0 Å². The van der Waals surface area contributed by atoms with Crippen molar-refractivity contribution < 1.29 is 18.7 Å². The van der Waals surface area contributed by atoms with Gasteiger partial charge in [0.2, 0.25) is 0 Å². The average molecular weight is 235 g/mol. The van der Waals surface area contributed by atoms with Gasteiger partial charge in [0.1, 0.15) is 5.69 Å². The highest BCUT2D eigenvalue weighted by atomic mass is 16.4. The minimum atomic E-state index is -0.943. The molecule has 0 spiro atoms. The summed E-state index contributed by atoms with van der Waals surface area (Å²) in [6.07, 6.45) is 1.34. The molecule has 0 aromatic carbocycles. The highest BCUT2D eigenvalue weighted by Gasteiger charge is 2.20. The third kappa shape index (κ3) is 2.38. The van der Waals surface area contributed by atoms with E-state index in [1.807, 2.05) is 13.8 Å². The molecule has 5 heteroatoms. The lowest BCUT2D eigenvalue weighted by Gasteiger charge is -1.95. The lowest BCUT2D eigenvalue weighted by Crippen LogP contribution is -2.02. The van der Waals surface area contributed by atoms with Crippen LogP contribution in [0.1, 0.15) is 31.4 Å². The van der Waals surface area contributed by atoms with E-state index in [4.69, 9.17) is 13.9 Å². The van der Waals surface area contributed by atoms with Crippen LogP contribution in [0.2, 0.25) is 0 Å². The van der Waals surface area contributed by atoms with E-state index in [2.05, 4.69) is 4.98 Å². The summed E-state index contributed by atoms with van der Waals surface area (Å²) in [5, 5.41) is 8.82. The van der Waals surface area contributed by atoms with E-state index < -0.39 is 5.97 Å². The largest absolute Gasteiger partial charge is 0.481 e. The number of carboxylic acids is 1. The van der Waals surface area contributed by atoms with Gasteiger partial charge < -0.3 is 13.9 Å². The number of aromatic nitrogens is 1. The van der Waals surface area contributed by atoms with Gasteiger partial charge in [-0.1, -0.05) is 13.8 Å². The summed E-state index contributed by atoms with van der Waals surface area (Å²) in [7, 11) is 0. The van der Waals surface area contributed by atoms with Crippen molar-refractivity contribution in [2.75, 3.05) is 0 Å². The molecular formula is C12H13NO4. The third-order valence-corrected chi connectivity index (χ3v) is 2.27. The zero-order valence-electron chi connectivity index (χ0n) is 9.64. The summed E-state index contributed by atoms with van der Waals surface area (Å²) in [4.78, 5) is 15.0. The van der Waals surface area contributed by atoms with E-state index in [-0.39, 0.29) is 12.3 Å². The minimum Gasteiger partial charge on any atom is -0.481 e. The number of rotatable bonds is 4. The highest BCUT2D eigenvalue weighted by Crippen LogP contribution is 2.28. The van der Waals surface area contributed by atoms with E-state index in [0.717, 1.165) is 0 Å². The van der Waals surface area contributed by atoms with E-state index in [9.17, 15) is 4.79 Å². The predicted octanol–water partition coefficient (Wildman–Crippen LogP) is 2.69. The number of furan rings is 1. The Balaban J connectivity index is 2.44. The van der Waals surface area contributed by atoms with Crippen LogP contribution in [0, 0.1) is 0 Å². The molecule has 0 amide bonds. The first-order chi connectivity index (χ1) is 8.08. The summed E-state index contributed by atoms with van der Waals surface area (Å²) in [5.74, 6) is 0.585. The maximum absolute atomic E-state index is 10.8. The van der Waals surface area contributed by atoms with Crippen LogP contribution in [0.5, 0.6) is 0 Å². The average Bonchev–Trinajstić information content (AvgIpc) is 2.83. The molecule has 2 rings (SSSR count). The van der Waals surface area contributed by atoms with Crippen LogP contribution in [0.4, 0.5) is 0 Å². The molecule has 0 aliphatic heterocycles. The Labute approximate surface area is 98.1 Å². The Morgan fingerprint density at radius 2 is 2.29 bits per heavy atom. The van der Waals surface area contributed by atoms with Crippen molar-refractivity contribution in [1.82, 2.24) is 4.98 Å². The number of aliphatic carboxylic acids is 1. The molecule has 1 N–H and O–H groups in total. The maximum atomic E-state index is 10.8. The summed E-state index contributed by atoms with van der Waals surface area (Å²) >= 11 is 0. The predicted molar refractivity (Wildman–Crippen MR) is 59.6 cm³/mol.